The summed E-state index contributed by atoms with van der Waals surface area (Å²) in [7, 11) is 0. The highest BCUT2D eigenvalue weighted by atomic mass is 16.5. The largest absolute Gasteiger partial charge is 0.379 e. The second-order valence-electron chi connectivity index (χ2n) is 4.24. The zero-order valence-corrected chi connectivity index (χ0v) is 9.71. The molecule has 2 heteroatoms. The van der Waals surface area contributed by atoms with E-state index in [1.165, 1.54) is 11.4 Å². The van der Waals surface area contributed by atoms with Crippen LogP contribution in [0, 0.1) is 19.8 Å². The van der Waals surface area contributed by atoms with E-state index in [0.717, 1.165) is 19.8 Å². The predicted octanol–water partition coefficient (Wildman–Crippen LogP) is 2.78. The molecule has 1 heterocycles. The first-order chi connectivity index (χ1) is 6.61. The third kappa shape index (κ3) is 3.18. The molecule has 1 aromatic rings. The molecular formula is C12H21NO. The van der Waals surface area contributed by atoms with E-state index in [1.807, 2.05) is 0 Å². The zero-order chi connectivity index (χ0) is 10.6. The standard InChI is InChI=1S/C12H21NO/c1-10(2)9-14-8-7-13-11(3)5-6-12(13)4/h5-6,10H,7-9H2,1-4H3. The number of rotatable bonds is 5. The molecule has 0 aliphatic rings. The molecule has 1 aromatic heterocycles. The molecule has 0 amide bonds. The fraction of sp³-hybridized carbons (Fsp3) is 0.667. The lowest BCUT2D eigenvalue weighted by molar-refractivity contribution is 0.102. The predicted molar refractivity (Wildman–Crippen MR) is 59.6 cm³/mol. The highest BCUT2D eigenvalue weighted by Crippen LogP contribution is 2.06. The van der Waals surface area contributed by atoms with Gasteiger partial charge in [0.1, 0.15) is 0 Å². The lowest BCUT2D eigenvalue weighted by atomic mass is 10.2. The quantitative estimate of drug-likeness (QED) is 0.659. The van der Waals surface area contributed by atoms with E-state index in [9.17, 15) is 0 Å². The summed E-state index contributed by atoms with van der Waals surface area (Å²) in [5, 5.41) is 0. The Morgan fingerprint density at radius 2 is 1.79 bits per heavy atom. The van der Waals surface area contributed by atoms with Crippen molar-refractivity contribution in [1.29, 1.82) is 0 Å². The molecule has 80 valence electrons. The van der Waals surface area contributed by atoms with Crippen LogP contribution < -0.4 is 0 Å². The van der Waals surface area contributed by atoms with Crippen LogP contribution in [0.4, 0.5) is 0 Å². The molecule has 0 radical (unpaired) electrons. The molecule has 1 rings (SSSR count). The van der Waals surface area contributed by atoms with Crippen molar-refractivity contribution in [2.75, 3.05) is 13.2 Å². The van der Waals surface area contributed by atoms with Crippen molar-refractivity contribution in [3.63, 3.8) is 0 Å². The Morgan fingerprint density at radius 3 is 2.29 bits per heavy atom. The van der Waals surface area contributed by atoms with Crippen LogP contribution in [0.5, 0.6) is 0 Å². The van der Waals surface area contributed by atoms with Gasteiger partial charge in [-0.15, -0.1) is 0 Å². The van der Waals surface area contributed by atoms with Crippen LogP contribution in [0.15, 0.2) is 12.1 Å². The summed E-state index contributed by atoms with van der Waals surface area (Å²) in [6.45, 7) is 11.3. The van der Waals surface area contributed by atoms with E-state index in [0.29, 0.717) is 5.92 Å². The Hall–Kier alpha value is -0.760. The van der Waals surface area contributed by atoms with Gasteiger partial charge in [0.15, 0.2) is 0 Å². The minimum atomic E-state index is 0.627. The molecule has 2 nitrogen and oxygen atoms in total. The van der Waals surface area contributed by atoms with Crippen LogP contribution >= 0.6 is 0 Å². The van der Waals surface area contributed by atoms with Gasteiger partial charge in [-0.05, 0) is 31.9 Å². The summed E-state index contributed by atoms with van der Waals surface area (Å²) in [6, 6.07) is 4.30. The average molecular weight is 195 g/mol. The van der Waals surface area contributed by atoms with E-state index in [-0.39, 0.29) is 0 Å². The van der Waals surface area contributed by atoms with Crippen molar-refractivity contribution in [1.82, 2.24) is 4.57 Å². The van der Waals surface area contributed by atoms with Crippen molar-refractivity contribution < 1.29 is 4.74 Å². The first-order valence-electron chi connectivity index (χ1n) is 5.31. The molecule has 0 saturated heterocycles. The normalized spacial score (nSPS) is 11.2. The maximum absolute atomic E-state index is 5.56. The van der Waals surface area contributed by atoms with E-state index < -0.39 is 0 Å². The Balaban J connectivity index is 2.31. The number of nitrogens with zero attached hydrogens (tertiary/aromatic N) is 1. The fourth-order valence-electron chi connectivity index (χ4n) is 1.53. The second-order valence-corrected chi connectivity index (χ2v) is 4.24. The maximum Gasteiger partial charge on any atom is 0.0645 e. The van der Waals surface area contributed by atoms with Crippen LogP contribution in [0.2, 0.25) is 0 Å². The van der Waals surface area contributed by atoms with Crippen molar-refractivity contribution >= 4 is 0 Å². The summed E-state index contributed by atoms with van der Waals surface area (Å²) in [6.07, 6.45) is 0. The SMILES string of the molecule is Cc1ccc(C)n1CCOCC(C)C. The van der Waals surface area contributed by atoms with Crippen LogP contribution in [0.1, 0.15) is 25.2 Å². The van der Waals surface area contributed by atoms with Gasteiger partial charge in [0.2, 0.25) is 0 Å². The van der Waals surface area contributed by atoms with Crippen LogP contribution in [0.3, 0.4) is 0 Å². The molecule has 14 heavy (non-hydrogen) atoms. The molecule has 0 aliphatic carbocycles. The molecule has 0 unspecified atom stereocenters. The van der Waals surface area contributed by atoms with E-state index in [4.69, 9.17) is 4.74 Å². The molecule has 0 saturated carbocycles. The molecule has 0 bridgehead atoms. The monoisotopic (exact) mass is 195 g/mol. The fourth-order valence-corrected chi connectivity index (χ4v) is 1.53. The lowest BCUT2D eigenvalue weighted by Crippen LogP contribution is -2.11. The van der Waals surface area contributed by atoms with Crippen molar-refractivity contribution in [3.8, 4) is 0 Å². The van der Waals surface area contributed by atoms with Crippen LogP contribution in [0.25, 0.3) is 0 Å². The summed E-state index contributed by atoms with van der Waals surface area (Å²) in [5.41, 5.74) is 2.63. The Kier molecular flexibility index (Phi) is 4.21. The van der Waals surface area contributed by atoms with Gasteiger partial charge in [-0.3, -0.25) is 0 Å². The zero-order valence-electron chi connectivity index (χ0n) is 9.71. The van der Waals surface area contributed by atoms with Gasteiger partial charge in [0, 0.05) is 24.5 Å². The Bertz CT molecular complexity index is 256. The highest BCUT2D eigenvalue weighted by molar-refractivity contribution is 5.13. The lowest BCUT2D eigenvalue weighted by Gasteiger charge is -2.10. The topological polar surface area (TPSA) is 14.2 Å². The smallest absolute Gasteiger partial charge is 0.0645 e. The molecule has 0 N–H and O–H groups in total. The minimum Gasteiger partial charge on any atom is -0.379 e. The second kappa shape index (κ2) is 5.20. The van der Waals surface area contributed by atoms with Gasteiger partial charge in [-0.1, -0.05) is 13.8 Å². The summed E-state index contributed by atoms with van der Waals surface area (Å²) in [5.74, 6) is 0.627. The van der Waals surface area contributed by atoms with Crippen molar-refractivity contribution in [2.24, 2.45) is 5.92 Å². The first-order valence-corrected chi connectivity index (χ1v) is 5.31. The molecule has 0 fully saturated rings. The minimum absolute atomic E-state index is 0.627. The van der Waals surface area contributed by atoms with Gasteiger partial charge in [0.05, 0.1) is 6.61 Å². The van der Waals surface area contributed by atoms with E-state index in [1.54, 1.807) is 0 Å². The van der Waals surface area contributed by atoms with Gasteiger partial charge in [-0.2, -0.15) is 0 Å². The number of hydrogen-bond donors (Lipinski definition) is 0. The van der Waals surface area contributed by atoms with Crippen LogP contribution in [-0.4, -0.2) is 17.8 Å². The van der Waals surface area contributed by atoms with Gasteiger partial charge in [-0.25, -0.2) is 0 Å². The maximum atomic E-state index is 5.56. The summed E-state index contributed by atoms with van der Waals surface area (Å²) < 4.78 is 7.85. The molecule has 0 aliphatic heterocycles. The van der Waals surface area contributed by atoms with Crippen molar-refractivity contribution in [2.45, 2.75) is 34.2 Å². The van der Waals surface area contributed by atoms with Gasteiger partial charge in [0.25, 0.3) is 0 Å². The van der Waals surface area contributed by atoms with E-state index in [2.05, 4.69) is 44.4 Å². The Morgan fingerprint density at radius 1 is 1.21 bits per heavy atom. The molecular weight excluding hydrogens is 174 g/mol. The van der Waals surface area contributed by atoms with Crippen LogP contribution in [-0.2, 0) is 11.3 Å². The van der Waals surface area contributed by atoms with Crippen molar-refractivity contribution in [3.05, 3.63) is 23.5 Å². The number of hydrogen-bond acceptors (Lipinski definition) is 1. The Labute approximate surface area is 86.9 Å². The summed E-state index contributed by atoms with van der Waals surface area (Å²) in [4.78, 5) is 0. The molecule has 0 spiro atoms. The third-order valence-corrected chi connectivity index (χ3v) is 2.33. The first kappa shape index (κ1) is 11.3. The molecule has 0 aromatic carbocycles. The third-order valence-electron chi connectivity index (χ3n) is 2.33. The highest BCUT2D eigenvalue weighted by Gasteiger charge is 2.00. The molecule has 0 atom stereocenters. The van der Waals surface area contributed by atoms with E-state index >= 15 is 0 Å². The number of aromatic nitrogens is 1. The number of aryl methyl sites for hydroxylation is 2. The summed E-state index contributed by atoms with van der Waals surface area (Å²) >= 11 is 0. The van der Waals surface area contributed by atoms with Gasteiger partial charge >= 0.3 is 0 Å². The average Bonchev–Trinajstić information content (AvgIpc) is 2.42. The van der Waals surface area contributed by atoms with Gasteiger partial charge < -0.3 is 9.30 Å². The number of ether oxygens (including phenoxy) is 1.